The van der Waals surface area contributed by atoms with E-state index < -0.39 is 10.9 Å². The summed E-state index contributed by atoms with van der Waals surface area (Å²) in [6, 6.07) is 4.27. The maximum absolute atomic E-state index is 11.5. The van der Waals surface area contributed by atoms with Crippen LogP contribution >= 0.6 is 0 Å². The van der Waals surface area contributed by atoms with Gasteiger partial charge >= 0.3 is 5.97 Å². The number of ether oxygens (including phenoxy) is 1. The van der Waals surface area contributed by atoms with Crippen LogP contribution in [-0.4, -0.2) is 31.1 Å². The van der Waals surface area contributed by atoms with E-state index in [1.54, 1.807) is 0 Å². The molecule has 1 heterocycles. The normalized spacial score (nSPS) is 14.3. The summed E-state index contributed by atoms with van der Waals surface area (Å²) in [4.78, 5) is 24.0. The van der Waals surface area contributed by atoms with Crippen molar-refractivity contribution in [2.45, 2.75) is 6.42 Å². The Morgan fingerprint density at radius 2 is 2.21 bits per heavy atom. The van der Waals surface area contributed by atoms with Gasteiger partial charge in [0.2, 0.25) is 0 Å². The maximum atomic E-state index is 11.5. The third kappa shape index (κ3) is 2.73. The van der Waals surface area contributed by atoms with Gasteiger partial charge < -0.3 is 9.64 Å². The predicted octanol–water partition coefficient (Wildman–Crippen LogP) is 2.15. The zero-order chi connectivity index (χ0) is 13.8. The van der Waals surface area contributed by atoms with Gasteiger partial charge in [-0.25, -0.2) is 4.79 Å². The molecule has 1 aliphatic heterocycles. The minimum absolute atomic E-state index is 0.00273. The predicted molar refractivity (Wildman–Crippen MR) is 70.4 cm³/mol. The van der Waals surface area contributed by atoms with Crippen LogP contribution in [0.1, 0.15) is 16.8 Å². The average molecular weight is 262 g/mol. The molecule has 0 amide bonds. The van der Waals surface area contributed by atoms with E-state index in [-0.39, 0.29) is 5.69 Å². The molecule has 0 unspecified atom stereocenters. The smallest absolute Gasteiger partial charge is 0.337 e. The van der Waals surface area contributed by atoms with Crippen LogP contribution in [0.25, 0.3) is 0 Å². The van der Waals surface area contributed by atoms with Crippen molar-refractivity contribution in [1.29, 1.82) is 0 Å². The maximum Gasteiger partial charge on any atom is 0.337 e. The van der Waals surface area contributed by atoms with Gasteiger partial charge in [-0.15, -0.1) is 0 Å². The van der Waals surface area contributed by atoms with E-state index in [0.29, 0.717) is 24.3 Å². The molecule has 19 heavy (non-hydrogen) atoms. The van der Waals surface area contributed by atoms with Gasteiger partial charge in [-0.1, -0.05) is 12.2 Å². The Balaban J connectivity index is 2.44. The average Bonchev–Trinajstić information content (AvgIpc) is 2.46. The van der Waals surface area contributed by atoms with Gasteiger partial charge in [-0.3, -0.25) is 10.1 Å². The molecule has 0 saturated heterocycles. The molecule has 0 atom stereocenters. The molecule has 0 radical (unpaired) electrons. The van der Waals surface area contributed by atoms with E-state index in [4.69, 9.17) is 0 Å². The van der Waals surface area contributed by atoms with Gasteiger partial charge in [-0.05, 0) is 18.6 Å². The topological polar surface area (TPSA) is 72.7 Å². The number of carbonyl (C=O) groups is 1. The van der Waals surface area contributed by atoms with Gasteiger partial charge in [0.15, 0.2) is 0 Å². The Labute approximate surface area is 110 Å². The summed E-state index contributed by atoms with van der Waals surface area (Å²) >= 11 is 0. The molecule has 6 heteroatoms. The first-order chi connectivity index (χ1) is 9.13. The second-order valence-electron chi connectivity index (χ2n) is 4.16. The van der Waals surface area contributed by atoms with Gasteiger partial charge in [0.05, 0.1) is 17.6 Å². The Morgan fingerprint density at radius 1 is 1.42 bits per heavy atom. The number of nitro groups is 1. The molecular weight excluding hydrogens is 248 g/mol. The molecule has 0 N–H and O–H groups in total. The van der Waals surface area contributed by atoms with Crippen molar-refractivity contribution in [3.05, 3.63) is 46.0 Å². The summed E-state index contributed by atoms with van der Waals surface area (Å²) in [5.41, 5.74) is 0.776. The van der Waals surface area contributed by atoms with E-state index >= 15 is 0 Å². The molecule has 1 aromatic rings. The number of hydrogen-bond acceptors (Lipinski definition) is 5. The first kappa shape index (κ1) is 13.1. The Kier molecular flexibility index (Phi) is 3.79. The molecule has 0 bridgehead atoms. The Morgan fingerprint density at radius 3 is 2.79 bits per heavy atom. The van der Waals surface area contributed by atoms with Crippen LogP contribution in [0, 0.1) is 10.1 Å². The first-order valence-electron chi connectivity index (χ1n) is 5.90. The van der Waals surface area contributed by atoms with E-state index in [1.165, 1.54) is 25.3 Å². The molecule has 100 valence electrons. The highest BCUT2D eigenvalue weighted by Gasteiger charge is 2.22. The number of methoxy groups -OCH3 is 1. The molecule has 2 rings (SSSR count). The third-order valence-electron chi connectivity index (χ3n) is 2.99. The number of benzene rings is 1. The summed E-state index contributed by atoms with van der Waals surface area (Å²) in [5, 5.41) is 11.1. The first-order valence-corrected chi connectivity index (χ1v) is 5.90. The number of nitrogens with zero attached hydrogens (tertiary/aromatic N) is 2. The van der Waals surface area contributed by atoms with Crippen LogP contribution in [0.4, 0.5) is 11.4 Å². The summed E-state index contributed by atoms with van der Waals surface area (Å²) in [6.07, 6.45) is 4.82. The number of carbonyl (C=O) groups excluding carboxylic acids is 1. The summed E-state index contributed by atoms with van der Waals surface area (Å²) < 4.78 is 4.64. The SMILES string of the molecule is COC(=O)c1ccc([N+](=O)[O-])c(N2CC=CCC2)c1. The highest BCUT2D eigenvalue weighted by molar-refractivity contribution is 5.91. The van der Waals surface area contributed by atoms with Crippen LogP contribution in [0.15, 0.2) is 30.4 Å². The van der Waals surface area contributed by atoms with Gasteiger partial charge in [0.25, 0.3) is 5.69 Å². The zero-order valence-corrected chi connectivity index (χ0v) is 10.5. The van der Waals surface area contributed by atoms with Crippen LogP contribution in [0.3, 0.4) is 0 Å². The van der Waals surface area contributed by atoms with Crippen molar-refractivity contribution in [3.63, 3.8) is 0 Å². The second kappa shape index (κ2) is 5.51. The zero-order valence-electron chi connectivity index (χ0n) is 10.5. The second-order valence-corrected chi connectivity index (χ2v) is 4.16. The van der Waals surface area contributed by atoms with Crippen molar-refractivity contribution < 1.29 is 14.5 Å². The number of esters is 1. The lowest BCUT2D eigenvalue weighted by Gasteiger charge is -2.25. The summed E-state index contributed by atoms with van der Waals surface area (Å²) in [7, 11) is 1.28. The van der Waals surface area contributed by atoms with Gasteiger partial charge in [0, 0.05) is 19.2 Å². The van der Waals surface area contributed by atoms with Gasteiger partial charge in [0.1, 0.15) is 5.69 Å². The van der Waals surface area contributed by atoms with E-state index in [9.17, 15) is 14.9 Å². The lowest BCUT2D eigenvalue weighted by molar-refractivity contribution is -0.384. The molecule has 1 aliphatic rings. The highest BCUT2D eigenvalue weighted by atomic mass is 16.6. The molecule has 0 spiro atoms. The minimum atomic E-state index is -0.497. The molecular formula is C13H14N2O4. The van der Waals surface area contributed by atoms with E-state index in [2.05, 4.69) is 4.74 Å². The van der Waals surface area contributed by atoms with Crippen LogP contribution in [0.2, 0.25) is 0 Å². The van der Waals surface area contributed by atoms with Crippen LogP contribution < -0.4 is 4.90 Å². The molecule has 1 aromatic carbocycles. The van der Waals surface area contributed by atoms with Gasteiger partial charge in [-0.2, -0.15) is 0 Å². The number of nitro benzene ring substituents is 1. The Hall–Kier alpha value is -2.37. The highest BCUT2D eigenvalue weighted by Crippen LogP contribution is 2.30. The molecule has 0 aromatic heterocycles. The third-order valence-corrected chi connectivity index (χ3v) is 2.99. The van der Waals surface area contributed by atoms with Crippen molar-refractivity contribution >= 4 is 17.3 Å². The lowest BCUT2D eigenvalue weighted by Crippen LogP contribution is -2.27. The van der Waals surface area contributed by atoms with E-state index in [1.807, 2.05) is 17.1 Å². The standard InChI is InChI=1S/C13H14N2O4/c1-19-13(16)10-5-6-11(15(17)18)12(9-10)14-7-3-2-4-8-14/h2-3,5-6,9H,4,7-8H2,1H3. The fraction of sp³-hybridized carbons (Fsp3) is 0.308. The minimum Gasteiger partial charge on any atom is -0.465 e. The summed E-state index contributed by atoms with van der Waals surface area (Å²) in [6.45, 7) is 1.30. The fourth-order valence-electron chi connectivity index (χ4n) is 2.04. The lowest BCUT2D eigenvalue weighted by atomic mass is 10.1. The monoisotopic (exact) mass is 262 g/mol. The largest absolute Gasteiger partial charge is 0.465 e. The van der Waals surface area contributed by atoms with Crippen molar-refractivity contribution in [1.82, 2.24) is 0 Å². The molecule has 0 saturated carbocycles. The quantitative estimate of drug-likeness (QED) is 0.361. The number of anilines is 1. The van der Waals surface area contributed by atoms with Crippen molar-refractivity contribution in [3.8, 4) is 0 Å². The van der Waals surface area contributed by atoms with Crippen molar-refractivity contribution in [2.75, 3.05) is 25.1 Å². The molecule has 0 fully saturated rings. The fourth-order valence-corrected chi connectivity index (χ4v) is 2.04. The number of hydrogen-bond donors (Lipinski definition) is 0. The van der Waals surface area contributed by atoms with Crippen LogP contribution in [-0.2, 0) is 4.74 Å². The molecule has 6 nitrogen and oxygen atoms in total. The molecule has 0 aliphatic carbocycles. The number of rotatable bonds is 3. The van der Waals surface area contributed by atoms with Crippen LogP contribution in [0.5, 0.6) is 0 Å². The Bertz CT molecular complexity index is 539. The van der Waals surface area contributed by atoms with Crippen molar-refractivity contribution in [2.24, 2.45) is 0 Å². The summed E-state index contributed by atoms with van der Waals surface area (Å²) in [5.74, 6) is -0.497. The van der Waals surface area contributed by atoms with E-state index in [0.717, 1.165) is 6.42 Å².